The number of amides is 2. The van der Waals surface area contributed by atoms with Crippen molar-refractivity contribution in [3.8, 4) is 11.5 Å². The number of aliphatic carboxylic acids is 2. The highest BCUT2D eigenvalue weighted by atomic mass is 16.5. The molecule has 0 spiro atoms. The molecule has 2 aliphatic carbocycles. The lowest BCUT2D eigenvalue weighted by atomic mass is 9.78. The fourth-order valence-corrected chi connectivity index (χ4v) is 6.05. The highest BCUT2D eigenvalue weighted by Gasteiger charge is 2.37. The van der Waals surface area contributed by atoms with E-state index in [2.05, 4.69) is 24.5 Å². The monoisotopic (exact) mass is 564 g/mol. The Morgan fingerprint density at radius 1 is 0.732 bits per heavy atom. The number of ether oxygens (including phenoxy) is 1. The number of nitrogens with one attached hydrogen (secondary N) is 2. The fraction of sp³-hybridized carbons (Fsp3) is 0.500. The highest BCUT2D eigenvalue weighted by Crippen LogP contribution is 2.34. The van der Waals surface area contributed by atoms with Crippen molar-refractivity contribution in [2.24, 2.45) is 29.6 Å². The second-order valence-electron chi connectivity index (χ2n) is 11.7. The smallest absolute Gasteiger partial charge is 0.307 e. The maximum atomic E-state index is 13.1. The van der Waals surface area contributed by atoms with Gasteiger partial charge in [0, 0.05) is 11.4 Å². The van der Waals surface area contributed by atoms with Gasteiger partial charge in [-0.25, -0.2) is 0 Å². The SMILES string of the molecule is CC(C)Cc1cc(Oc2ccc(NC(=O)C3CCCCC3C(=O)O)cc2)ccc1NC(=O)C1CCCCC1C(=O)O. The number of hydrogen-bond donors (Lipinski definition) is 4. The van der Waals surface area contributed by atoms with E-state index in [1.54, 1.807) is 36.4 Å². The summed E-state index contributed by atoms with van der Waals surface area (Å²) in [5, 5.41) is 24.9. The lowest BCUT2D eigenvalue weighted by molar-refractivity contribution is -0.148. The predicted octanol–water partition coefficient (Wildman–Crippen LogP) is 6.34. The largest absolute Gasteiger partial charge is 0.481 e. The molecule has 0 aliphatic heterocycles. The summed E-state index contributed by atoms with van der Waals surface area (Å²) in [6, 6.07) is 12.4. The Balaban J connectivity index is 1.42. The van der Waals surface area contributed by atoms with Crippen LogP contribution in [0.4, 0.5) is 11.4 Å². The first-order chi connectivity index (χ1) is 19.6. The van der Waals surface area contributed by atoms with Crippen molar-refractivity contribution in [1.82, 2.24) is 0 Å². The summed E-state index contributed by atoms with van der Waals surface area (Å²) in [4.78, 5) is 49.1. The summed E-state index contributed by atoms with van der Waals surface area (Å²) in [5.74, 6) is -3.30. The van der Waals surface area contributed by atoms with Gasteiger partial charge in [-0.2, -0.15) is 0 Å². The Labute approximate surface area is 240 Å². The van der Waals surface area contributed by atoms with Crippen LogP contribution in [0, 0.1) is 29.6 Å². The molecule has 2 aromatic carbocycles. The summed E-state index contributed by atoms with van der Waals surface area (Å²) < 4.78 is 6.07. The van der Waals surface area contributed by atoms with Gasteiger partial charge < -0.3 is 25.6 Å². The Kier molecular flexibility index (Phi) is 10.0. The van der Waals surface area contributed by atoms with E-state index in [1.807, 2.05) is 6.07 Å². The van der Waals surface area contributed by atoms with Crippen molar-refractivity contribution < 1.29 is 34.1 Å². The standard InChI is InChI=1S/C32H40N2O7/c1-19(2)17-20-18-23(15-16-28(20)34-30(36)25-8-4-6-10-27(25)32(39)40)41-22-13-11-21(12-14-22)33-29(35)24-7-3-5-9-26(24)31(37)38/h11-16,18-19,24-27H,3-10,17H2,1-2H3,(H,33,35)(H,34,36)(H,37,38)(H,39,40). The molecule has 41 heavy (non-hydrogen) atoms. The van der Waals surface area contributed by atoms with E-state index in [0.717, 1.165) is 31.2 Å². The fourth-order valence-electron chi connectivity index (χ4n) is 6.05. The zero-order chi connectivity index (χ0) is 29.5. The normalized spacial score (nSPS) is 22.5. The van der Waals surface area contributed by atoms with Crippen molar-refractivity contribution in [2.75, 3.05) is 10.6 Å². The van der Waals surface area contributed by atoms with Crippen LogP contribution in [0.15, 0.2) is 42.5 Å². The summed E-state index contributed by atoms with van der Waals surface area (Å²) in [6.45, 7) is 4.17. The minimum absolute atomic E-state index is 0.253. The molecule has 9 heteroatoms. The molecule has 0 saturated heterocycles. The Morgan fingerprint density at radius 2 is 1.22 bits per heavy atom. The van der Waals surface area contributed by atoms with Crippen LogP contribution >= 0.6 is 0 Å². The third-order valence-electron chi connectivity index (χ3n) is 8.16. The van der Waals surface area contributed by atoms with Gasteiger partial charge in [0.05, 0.1) is 23.7 Å². The summed E-state index contributed by atoms with van der Waals surface area (Å²) in [5.41, 5.74) is 2.13. The molecular formula is C32H40N2O7. The van der Waals surface area contributed by atoms with E-state index in [-0.39, 0.29) is 11.8 Å². The molecule has 2 fully saturated rings. The van der Waals surface area contributed by atoms with Crippen LogP contribution in [0.1, 0.15) is 70.8 Å². The Morgan fingerprint density at radius 3 is 1.73 bits per heavy atom. The second-order valence-corrected chi connectivity index (χ2v) is 11.7. The van der Waals surface area contributed by atoms with Crippen LogP contribution in [0.25, 0.3) is 0 Å². The zero-order valence-electron chi connectivity index (χ0n) is 23.7. The van der Waals surface area contributed by atoms with E-state index in [1.165, 1.54) is 0 Å². The number of carbonyl (C=O) groups is 4. The summed E-state index contributed by atoms with van der Waals surface area (Å²) in [7, 11) is 0. The van der Waals surface area contributed by atoms with E-state index in [4.69, 9.17) is 4.74 Å². The van der Waals surface area contributed by atoms with Gasteiger partial charge in [-0.05, 0) is 86.1 Å². The molecule has 2 saturated carbocycles. The molecule has 0 aromatic heterocycles. The molecule has 0 heterocycles. The molecule has 0 radical (unpaired) electrons. The number of rotatable bonds is 10. The van der Waals surface area contributed by atoms with E-state index < -0.39 is 35.6 Å². The van der Waals surface area contributed by atoms with Crippen LogP contribution < -0.4 is 15.4 Å². The van der Waals surface area contributed by atoms with Crippen molar-refractivity contribution >= 4 is 35.1 Å². The van der Waals surface area contributed by atoms with Crippen LogP contribution in [0.3, 0.4) is 0 Å². The van der Waals surface area contributed by atoms with Gasteiger partial charge in [-0.1, -0.05) is 39.5 Å². The molecule has 9 nitrogen and oxygen atoms in total. The molecule has 4 atom stereocenters. The van der Waals surface area contributed by atoms with E-state index in [9.17, 15) is 29.4 Å². The second kappa shape index (κ2) is 13.7. The van der Waals surface area contributed by atoms with Gasteiger partial charge in [0.15, 0.2) is 0 Å². The molecule has 220 valence electrons. The maximum absolute atomic E-state index is 13.1. The lowest BCUT2D eigenvalue weighted by Gasteiger charge is -2.28. The molecule has 0 bridgehead atoms. The summed E-state index contributed by atoms with van der Waals surface area (Å²) in [6.07, 6.45) is 6.22. The predicted molar refractivity (Wildman–Crippen MR) is 155 cm³/mol. The van der Waals surface area contributed by atoms with Gasteiger partial charge in [-0.15, -0.1) is 0 Å². The molecular weight excluding hydrogens is 524 g/mol. The van der Waals surface area contributed by atoms with Gasteiger partial charge in [0.25, 0.3) is 0 Å². The minimum Gasteiger partial charge on any atom is -0.481 e. The minimum atomic E-state index is -0.922. The summed E-state index contributed by atoms with van der Waals surface area (Å²) >= 11 is 0. The number of anilines is 2. The van der Waals surface area contributed by atoms with Gasteiger partial charge in [0.2, 0.25) is 11.8 Å². The Hall–Kier alpha value is -3.88. The third-order valence-corrected chi connectivity index (χ3v) is 8.16. The number of carboxylic acids is 2. The number of carboxylic acid groups (broad SMARTS) is 2. The molecule has 4 rings (SSSR count). The van der Waals surface area contributed by atoms with Crippen molar-refractivity contribution in [2.45, 2.75) is 71.6 Å². The molecule has 4 unspecified atom stereocenters. The first kappa shape index (κ1) is 30.1. The molecule has 2 aliphatic rings. The van der Waals surface area contributed by atoms with Crippen molar-refractivity contribution in [3.05, 3.63) is 48.0 Å². The topological polar surface area (TPSA) is 142 Å². The van der Waals surface area contributed by atoms with Crippen LogP contribution in [-0.4, -0.2) is 34.0 Å². The number of carbonyl (C=O) groups excluding carboxylic acids is 2. The van der Waals surface area contributed by atoms with Crippen LogP contribution in [0.2, 0.25) is 0 Å². The van der Waals surface area contributed by atoms with Gasteiger partial charge >= 0.3 is 11.9 Å². The van der Waals surface area contributed by atoms with E-state index in [0.29, 0.717) is 60.9 Å². The molecule has 2 aromatic rings. The average Bonchev–Trinajstić information content (AvgIpc) is 2.95. The Bertz CT molecular complexity index is 1260. The van der Waals surface area contributed by atoms with Crippen LogP contribution in [0.5, 0.6) is 11.5 Å². The molecule has 2 amide bonds. The average molecular weight is 565 g/mol. The number of benzene rings is 2. The first-order valence-corrected chi connectivity index (χ1v) is 14.6. The molecule has 4 N–H and O–H groups in total. The lowest BCUT2D eigenvalue weighted by Crippen LogP contribution is -2.36. The van der Waals surface area contributed by atoms with Crippen LogP contribution in [-0.2, 0) is 25.6 Å². The first-order valence-electron chi connectivity index (χ1n) is 14.6. The van der Waals surface area contributed by atoms with Gasteiger partial charge in [0.1, 0.15) is 11.5 Å². The zero-order valence-corrected chi connectivity index (χ0v) is 23.7. The maximum Gasteiger partial charge on any atom is 0.307 e. The van der Waals surface area contributed by atoms with Crippen molar-refractivity contribution in [3.63, 3.8) is 0 Å². The highest BCUT2D eigenvalue weighted by molar-refractivity contribution is 5.96. The van der Waals surface area contributed by atoms with E-state index >= 15 is 0 Å². The number of hydrogen-bond acceptors (Lipinski definition) is 5. The quantitative estimate of drug-likeness (QED) is 0.264. The van der Waals surface area contributed by atoms with Gasteiger partial charge in [-0.3, -0.25) is 19.2 Å². The third kappa shape index (κ3) is 7.86. The van der Waals surface area contributed by atoms with Crippen molar-refractivity contribution in [1.29, 1.82) is 0 Å².